The lowest BCUT2D eigenvalue weighted by molar-refractivity contribution is -0.670. The lowest BCUT2D eigenvalue weighted by atomic mass is 10.1. The predicted octanol–water partition coefficient (Wildman–Crippen LogP) is 2.01. The van der Waals surface area contributed by atoms with E-state index in [0.29, 0.717) is 6.79 Å². The zero-order valence-electron chi connectivity index (χ0n) is 8.27. The SMILES string of the molecule is C[n+]1ccc2cc3c(cc2c1)OCO3.I. The Bertz CT molecular complexity index is 513. The Kier molecular flexibility index (Phi) is 2.68. The molecule has 15 heavy (non-hydrogen) atoms. The van der Waals surface area contributed by atoms with Crippen LogP contribution in [0.3, 0.4) is 0 Å². The van der Waals surface area contributed by atoms with Crippen LogP contribution in [0.5, 0.6) is 11.5 Å². The predicted molar refractivity (Wildman–Crippen MR) is 66.7 cm³/mol. The van der Waals surface area contributed by atoms with Crippen LogP contribution < -0.4 is 14.0 Å². The zero-order valence-corrected chi connectivity index (χ0v) is 10.6. The van der Waals surface area contributed by atoms with Crippen LogP contribution in [0.4, 0.5) is 0 Å². The fourth-order valence-corrected chi connectivity index (χ4v) is 1.69. The van der Waals surface area contributed by atoms with E-state index in [9.17, 15) is 0 Å². The summed E-state index contributed by atoms with van der Waals surface area (Å²) in [5, 5.41) is 2.34. The van der Waals surface area contributed by atoms with Gasteiger partial charge in [-0.15, -0.1) is 24.0 Å². The number of halogens is 1. The Morgan fingerprint density at radius 3 is 2.53 bits per heavy atom. The summed E-state index contributed by atoms with van der Waals surface area (Å²) < 4.78 is 12.6. The third kappa shape index (κ3) is 1.73. The average Bonchev–Trinajstić information content (AvgIpc) is 2.61. The summed E-state index contributed by atoms with van der Waals surface area (Å²) >= 11 is 0. The Labute approximate surface area is 105 Å². The highest BCUT2D eigenvalue weighted by Crippen LogP contribution is 2.35. The summed E-state index contributed by atoms with van der Waals surface area (Å²) in [6.07, 6.45) is 4.09. The topological polar surface area (TPSA) is 22.3 Å². The fraction of sp³-hybridized carbons (Fsp3) is 0.182. The monoisotopic (exact) mass is 316 g/mol. The Morgan fingerprint density at radius 2 is 1.80 bits per heavy atom. The first-order chi connectivity index (χ1) is 6.83. The summed E-state index contributed by atoms with van der Waals surface area (Å²) in [6.45, 7) is 0.331. The van der Waals surface area contributed by atoms with Gasteiger partial charge in [0.2, 0.25) is 6.79 Å². The molecule has 1 aromatic carbocycles. The van der Waals surface area contributed by atoms with Gasteiger partial charge >= 0.3 is 0 Å². The highest BCUT2D eigenvalue weighted by atomic mass is 127. The van der Waals surface area contributed by atoms with Gasteiger partial charge in [-0.3, -0.25) is 0 Å². The first-order valence-corrected chi connectivity index (χ1v) is 4.51. The Balaban J connectivity index is 0.000000853. The normalized spacial score (nSPS) is 12.6. The highest BCUT2D eigenvalue weighted by molar-refractivity contribution is 14.0. The van der Waals surface area contributed by atoms with E-state index in [4.69, 9.17) is 9.47 Å². The minimum atomic E-state index is 0. The van der Waals surface area contributed by atoms with E-state index in [-0.39, 0.29) is 24.0 Å². The van der Waals surface area contributed by atoms with Crippen LogP contribution >= 0.6 is 24.0 Å². The van der Waals surface area contributed by atoms with E-state index in [0.717, 1.165) is 11.5 Å². The minimum Gasteiger partial charge on any atom is -0.454 e. The molecule has 0 fully saturated rings. The number of rotatable bonds is 0. The van der Waals surface area contributed by atoms with Crippen molar-refractivity contribution < 1.29 is 14.0 Å². The molecule has 0 radical (unpaired) electrons. The molecule has 4 heteroatoms. The fourth-order valence-electron chi connectivity index (χ4n) is 1.69. The van der Waals surface area contributed by atoms with E-state index in [1.54, 1.807) is 0 Å². The maximum atomic E-state index is 5.31. The van der Waals surface area contributed by atoms with Gasteiger partial charge in [0.15, 0.2) is 23.9 Å². The molecule has 1 aliphatic heterocycles. The molecule has 0 bridgehead atoms. The van der Waals surface area contributed by atoms with Gasteiger partial charge < -0.3 is 9.47 Å². The Morgan fingerprint density at radius 1 is 1.13 bits per heavy atom. The van der Waals surface area contributed by atoms with Gasteiger partial charge in [0.25, 0.3) is 0 Å². The average molecular weight is 316 g/mol. The van der Waals surface area contributed by atoms with E-state index in [1.807, 2.05) is 29.9 Å². The van der Waals surface area contributed by atoms with Gasteiger partial charge in [-0.1, -0.05) is 0 Å². The molecule has 0 saturated carbocycles. The molecule has 1 aliphatic rings. The molecule has 0 spiro atoms. The van der Waals surface area contributed by atoms with Crippen molar-refractivity contribution in [2.24, 2.45) is 7.05 Å². The molecular formula is C11H11INO2+. The second-order valence-corrected chi connectivity index (χ2v) is 3.44. The maximum absolute atomic E-state index is 5.31. The molecule has 3 rings (SSSR count). The lowest BCUT2D eigenvalue weighted by Crippen LogP contribution is -2.25. The van der Waals surface area contributed by atoms with Crippen molar-refractivity contribution in [3.63, 3.8) is 0 Å². The quantitative estimate of drug-likeness (QED) is 0.548. The number of aryl methyl sites for hydroxylation is 1. The summed E-state index contributed by atoms with van der Waals surface area (Å²) in [5.41, 5.74) is 0. The van der Waals surface area contributed by atoms with E-state index < -0.39 is 0 Å². The first-order valence-electron chi connectivity index (χ1n) is 4.51. The van der Waals surface area contributed by atoms with Crippen LogP contribution in [0.25, 0.3) is 10.8 Å². The molecule has 0 N–H and O–H groups in total. The molecule has 3 nitrogen and oxygen atoms in total. The van der Waals surface area contributed by atoms with Crippen molar-refractivity contribution in [1.29, 1.82) is 0 Å². The number of fused-ring (bicyclic) bond motifs is 2. The van der Waals surface area contributed by atoms with Crippen LogP contribution in [-0.2, 0) is 7.05 Å². The summed E-state index contributed by atoms with van der Waals surface area (Å²) in [7, 11) is 2.00. The molecular weight excluding hydrogens is 305 g/mol. The van der Waals surface area contributed by atoms with Gasteiger partial charge in [0.1, 0.15) is 7.05 Å². The molecule has 0 amide bonds. The second-order valence-electron chi connectivity index (χ2n) is 3.44. The zero-order chi connectivity index (χ0) is 9.54. The summed E-state index contributed by atoms with van der Waals surface area (Å²) in [5.74, 6) is 1.68. The molecule has 0 aliphatic carbocycles. The molecule has 0 saturated heterocycles. The van der Waals surface area contributed by atoms with Crippen LogP contribution in [0, 0.1) is 0 Å². The van der Waals surface area contributed by atoms with Crippen LogP contribution in [-0.4, -0.2) is 6.79 Å². The summed E-state index contributed by atoms with van der Waals surface area (Å²) in [6, 6.07) is 6.09. The van der Waals surface area contributed by atoms with Gasteiger partial charge in [0, 0.05) is 11.5 Å². The third-order valence-corrected chi connectivity index (χ3v) is 2.41. The van der Waals surface area contributed by atoms with Crippen molar-refractivity contribution in [3.05, 3.63) is 30.6 Å². The minimum absolute atomic E-state index is 0. The number of ether oxygens (including phenoxy) is 2. The van der Waals surface area contributed by atoms with Gasteiger partial charge in [-0.05, 0) is 17.5 Å². The van der Waals surface area contributed by atoms with Gasteiger partial charge in [0.05, 0.1) is 0 Å². The molecule has 0 atom stereocenters. The van der Waals surface area contributed by atoms with Crippen molar-refractivity contribution in [2.45, 2.75) is 0 Å². The van der Waals surface area contributed by atoms with Gasteiger partial charge in [-0.2, -0.15) is 0 Å². The van der Waals surface area contributed by atoms with Crippen molar-refractivity contribution >= 4 is 34.7 Å². The Hall–Kier alpha value is -1.04. The van der Waals surface area contributed by atoms with Crippen molar-refractivity contribution in [2.75, 3.05) is 6.79 Å². The second kappa shape index (κ2) is 3.84. The lowest BCUT2D eigenvalue weighted by Gasteiger charge is -1.98. The van der Waals surface area contributed by atoms with E-state index >= 15 is 0 Å². The third-order valence-electron chi connectivity index (χ3n) is 2.41. The molecule has 1 aromatic heterocycles. The highest BCUT2D eigenvalue weighted by Gasteiger charge is 2.14. The molecule has 2 heterocycles. The number of aromatic nitrogens is 1. The molecule has 78 valence electrons. The van der Waals surface area contributed by atoms with Crippen LogP contribution in [0.2, 0.25) is 0 Å². The standard InChI is InChI=1S/C11H10NO2.HI/c1-12-3-2-8-4-10-11(14-7-13-10)5-9(8)6-12;/h2-6H,7H2,1H3;1H/q+1;. The summed E-state index contributed by atoms with van der Waals surface area (Å²) in [4.78, 5) is 0. The van der Waals surface area contributed by atoms with E-state index in [1.165, 1.54) is 10.8 Å². The number of pyridine rings is 1. The largest absolute Gasteiger partial charge is 0.454 e. The van der Waals surface area contributed by atoms with Gasteiger partial charge in [-0.25, -0.2) is 4.57 Å². The smallest absolute Gasteiger partial charge is 0.231 e. The first kappa shape index (κ1) is 10.5. The van der Waals surface area contributed by atoms with Crippen LogP contribution in [0.1, 0.15) is 0 Å². The van der Waals surface area contributed by atoms with E-state index in [2.05, 4.69) is 12.3 Å². The number of hydrogen-bond acceptors (Lipinski definition) is 2. The van der Waals surface area contributed by atoms with Crippen molar-refractivity contribution in [3.8, 4) is 11.5 Å². The number of benzene rings is 1. The van der Waals surface area contributed by atoms with Crippen molar-refractivity contribution in [1.82, 2.24) is 0 Å². The number of hydrogen-bond donors (Lipinski definition) is 0. The molecule has 2 aromatic rings. The van der Waals surface area contributed by atoms with Crippen LogP contribution in [0.15, 0.2) is 30.6 Å². The molecule has 0 unspecified atom stereocenters. The maximum Gasteiger partial charge on any atom is 0.231 e. The number of nitrogens with zero attached hydrogens (tertiary/aromatic N) is 1.